The molecule has 1 atom stereocenters. The number of nitrogens with one attached hydrogen (secondary N) is 1. The number of hydrogen-bond acceptors (Lipinski definition) is 4. The molecule has 23 heavy (non-hydrogen) atoms. The second-order valence-electron chi connectivity index (χ2n) is 7.37. The van der Waals surface area contributed by atoms with Crippen molar-refractivity contribution in [3.05, 3.63) is 0 Å². The first-order chi connectivity index (χ1) is 11.1. The highest BCUT2D eigenvalue weighted by atomic mass is 16.5. The zero-order valence-corrected chi connectivity index (χ0v) is 14.9. The van der Waals surface area contributed by atoms with Crippen LogP contribution in [0.3, 0.4) is 0 Å². The summed E-state index contributed by atoms with van der Waals surface area (Å²) in [5, 5.41) is 3.11. The van der Waals surface area contributed by atoms with E-state index in [4.69, 9.17) is 9.47 Å². The molecule has 2 saturated heterocycles. The second-order valence-corrected chi connectivity index (χ2v) is 7.37. The van der Waals surface area contributed by atoms with E-state index in [1.807, 2.05) is 0 Å². The van der Waals surface area contributed by atoms with E-state index in [1.165, 1.54) is 19.4 Å². The van der Waals surface area contributed by atoms with Gasteiger partial charge in [-0.1, -0.05) is 13.8 Å². The minimum atomic E-state index is 0.0151. The number of carbonyl (C=O) groups excluding carboxylic acids is 1. The van der Waals surface area contributed by atoms with Crippen LogP contribution in [0.5, 0.6) is 0 Å². The van der Waals surface area contributed by atoms with Crippen LogP contribution in [-0.2, 0) is 14.3 Å². The van der Waals surface area contributed by atoms with Crippen LogP contribution >= 0.6 is 0 Å². The van der Waals surface area contributed by atoms with E-state index in [9.17, 15) is 4.79 Å². The van der Waals surface area contributed by atoms with E-state index in [1.54, 1.807) is 0 Å². The first-order valence-corrected chi connectivity index (χ1v) is 9.34. The van der Waals surface area contributed by atoms with Gasteiger partial charge in [-0.05, 0) is 51.0 Å². The predicted molar refractivity (Wildman–Crippen MR) is 91.5 cm³/mol. The fourth-order valence-corrected chi connectivity index (χ4v) is 3.35. The summed E-state index contributed by atoms with van der Waals surface area (Å²) in [5.41, 5.74) is 0. The van der Waals surface area contributed by atoms with Crippen molar-refractivity contribution in [2.45, 2.75) is 64.5 Å². The van der Waals surface area contributed by atoms with Crippen LogP contribution < -0.4 is 5.32 Å². The highest BCUT2D eigenvalue weighted by Crippen LogP contribution is 2.13. The Balaban J connectivity index is 1.50. The number of piperidine rings is 1. The summed E-state index contributed by atoms with van der Waals surface area (Å²) in [6, 6.07) is 0.315. The maximum Gasteiger partial charge on any atom is 0.246 e. The van der Waals surface area contributed by atoms with Gasteiger partial charge in [0.15, 0.2) is 0 Å². The Bertz CT molecular complexity index is 335. The fraction of sp³-hybridized carbons (Fsp3) is 0.944. The summed E-state index contributed by atoms with van der Waals surface area (Å²) in [5.74, 6) is 0.808. The van der Waals surface area contributed by atoms with Gasteiger partial charge in [0.1, 0.15) is 6.61 Å². The van der Waals surface area contributed by atoms with Crippen molar-refractivity contribution < 1.29 is 14.3 Å². The van der Waals surface area contributed by atoms with Gasteiger partial charge in [0.25, 0.3) is 0 Å². The van der Waals surface area contributed by atoms with Crippen LogP contribution in [0.4, 0.5) is 0 Å². The van der Waals surface area contributed by atoms with Gasteiger partial charge in [-0.3, -0.25) is 4.79 Å². The van der Waals surface area contributed by atoms with Crippen molar-refractivity contribution in [3.8, 4) is 0 Å². The number of amides is 1. The lowest BCUT2D eigenvalue weighted by atomic mass is 10.0. The molecule has 0 bridgehead atoms. The lowest BCUT2D eigenvalue weighted by Gasteiger charge is -2.32. The summed E-state index contributed by atoms with van der Waals surface area (Å²) >= 11 is 0. The van der Waals surface area contributed by atoms with E-state index in [2.05, 4.69) is 24.1 Å². The largest absolute Gasteiger partial charge is 0.376 e. The zero-order chi connectivity index (χ0) is 16.5. The van der Waals surface area contributed by atoms with Crippen LogP contribution in [0, 0.1) is 5.92 Å². The van der Waals surface area contributed by atoms with Gasteiger partial charge < -0.3 is 19.7 Å². The van der Waals surface area contributed by atoms with Gasteiger partial charge >= 0.3 is 0 Å². The summed E-state index contributed by atoms with van der Waals surface area (Å²) in [4.78, 5) is 14.4. The molecule has 1 unspecified atom stereocenters. The molecule has 0 saturated carbocycles. The van der Waals surface area contributed by atoms with E-state index >= 15 is 0 Å². The first-order valence-electron chi connectivity index (χ1n) is 9.34. The molecule has 1 amide bonds. The highest BCUT2D eigenvalue weighted by Gasteiger charge is 2.21. The summed E-state index contributed by atoms with van der Waals surface area (Å²) in [6.07, 6.45) is 7.05. The number of carbonyl (C=O) groups is 1. The molecule has 0 aromatic rings. The second kappa shape index (κ2) is 10.3. The van der Waals surface area contributed by atoms with Crippen molar-refractivity contribution >= 4 is 5.91 Å². The van der Waals surface area contributed by atoms with Gasteiger partial charge in [0, 0.05) is 25.7 Å². The molecule has 2 heterocycles. The quantitative estimate of drug-likeness (QED) is 0.706. The molecule has 2 fully saturated rings. The van der Waals surface area contributed by atoms with Gasteiger partial charge in [-0.15, -0.1) is 0 Å². The van der Waals surface area contributed by atoms with Crippen LogP contribution in [0.15, 0.2) is 0 Å². The lowest BCUT2D eigenvalue weighted by molar-refractivity contribution is -0.127. The maximum atomic E-state index is 11.9. The summed E-state index contributed by atoms with van der Waals surface area (Å²) in [6.45, 7) is 9.49. The molecule has 2 aliphatic heterocycles. The Morgan fingerprint density at radius 1 is 1.30 bits per heavy atom. The van der Waals surface area contributed by atoms with E-state index in [0.717, 1.165) is 51.3 Å². The van der Waals surface area contributed by atoms with Gasteiger partial charge in [0.2, 0.25) is 5.91 Å². The smallest absolute Gasteiger partial charge is 0.246 e. The topological polar surface area (TPSA) is 50.8 Å². The third-order valence-electron chi connectivity index (χ3n) is 4.77. The molecule has 1 N–H and O–H groups in total. The Labute approximate surface area is 141 Å². The molecule has 2 aliphatic rings. The van der Waals surface area contributed by atoms with Crippen molar-refractivity contribution in [2.75, 3.05) is 39.5 Å². The number of likely N-dealkylation sites (tertiary alicyclic amines) is 1. The first kappa shape index (κ1) is 18.7. The SMILES string of the molecule is CC(C)CCCN1CCC(NC(=O)COCC2CCCO2)CC1. The van der Waals surface area contributed by atoms with Crippen LogP contribution in [0.1, 0.15) is 52.4 Å². The molecule has 0 radical (unpaired) electrons. The monoisotopic (exact) mass is 326 g/mol. The summed E-state index contributed by atoms with van der Waals surface area (Å²) < 4.78 is 11.0. The third-order valence-corrected chi connectivity index (χ3v) is 4.77. The van der Waals surface area contributed by atoms with Gasteiger partial charge in [-0.25, -0.2) is 0 Å². The molecule has 2 rings (SSSR count). The van der Waals surface area contributed by atoms with Crippen molar-refractivity contribution in [1.29, 1.82) is 0 Å². The highest BCUT2D eigenvalue weighted by molar-refractivity contribution is 5.77. The predicted octanol–water partition coefficient (Wildman–Crippen LogP) is 2.20. The Morgan fingerprint density at radius 3 is 2.74 bits per heavy atom. The van der Waals surface area contributed by atoms with E-state index in [0.29, 0.717) is 12.6 Å². The Hall–Kier alpha value is -0.650. The standard InChI is InChI=1S/C18H34N2O3/c1-15(2)5-3-9-20-10-7-16(8-11-20)19-18(21)14-22-13-17-6-4-12-23-17/h15-17H,3-14H2,1-2H3,(H,19,21). The molecule has 0 aromatic carbocycles. The molecule has 5 nitrogen and oxygen atoms in total. The Kier molecular flexibility index (Phi) is 8.34. The number of nitrogens with zero attached hydrogens (tertiary/aromatic N) is 1. The third kappa shape index (κ3) is 7.64. The molecule has 0 spiro atoms. The molecular formula is C18H34N2O3. The van der Waals surface area contributed by atoms with E-state index in [-0.39, 0.29) is 18.6 Å². The minimum absolute atomic E-state index is 0.0151. The van der Waals surface area contributed by atoms with Crippen LogP contribution in [-0.4, -0.2) is 62.4 Å². The molecule has 0 aliphatic carbocycles. The average Bonchev–Trinajstić information content (AvgIpc) is 3.02. The van der Waals surface area contributed by atoms with Crippen LogP contribution in [0.2, 0.25) is 0 Å². The van der Waals surface area contributed by atoms with Crippen LogP contribution in [0.25, 0.3) is 0 Å². The Morgan fingerprint density at radius 2 is 2.09 bits per heavy atom. The number of ether oxygens (including phenoxy) is 2. The normalized spacial score (nSPS) is 23.5. The van der Waals surface area contributed by atoms with Crippen molar-refractivity contribution in [1.82, 2.24) is 10.2 Å². The fourth-order valence-electron chi connectivity index (χ4n) is 3.35. The molecule has 134 valence electrons. The number of hydrogen-bond donors (Lipinski definition) is 1. The zero-order valence-electron chi connectivity index (χ0n) is 14.9. The van der Waals surface area contributed by atoms with Crippen molar-refractivity contribution in [3.63, 3.8) is 0 Å². The number of rotatable bonds is 9. The van der Waals surface area contributed by atoms with Gasteiger partial charge in [-0.2, -0.15) is 0 Å². The molecular weight excluding hydrogens is 292 g/mol. The molecule has 5 heteroatoms. The average molecular weight is 326 g/mol. The van der Waals surface area contributed by atoms with E-state index < -0.39 is 0 Å². The van der Waals surface area contributed by atoms with Crippen molar-refractivity contribution in [2.24, 2.45) is 5.92 Å². The lowest BCUT2D eigenvalue weighted by Crippen LogP contribution is -2.45. The van der Waals surface area contributed by atoms with Gasteiger partial charge in [0.05, 0.1) is 12.7 Å². The minimum Gasteiger partial charge on any atom is -0.376 e. The maximum absolute atomic E-state index is 11.9. The summed E-state index contributed by atoms with van der Waals surface area (Å²) in [7, 11) is 0. The molecule has 0 aromatic heterocycles.